The van der Waals surface area contributed by atoms with Gasteiger partial charge in [0.2, 0.25) is 0 Å². The molecular weight excluding hydrogens is 1250 g/mol. The molecule has 0 aromatic carbocycles. The Bertz CT molecular complexity index is 1860. The van der Waals surface area contributed by atoms with Gasteiger partial charge in [-0.15, -0.1) is 0 Å². The van der Waals surface area contributed by atoms with Gasteiger partial charge in [-0.2, -0.15) is 0 Å². The average Bonchev–Trinajstić information content (AvgIpc) is 2.15. The highest BCUT2D eigenvalue weighted by Gasteiger charge is 2.30. The first-order chi connectivity index (χ1) is 45.8. The Balaban J connectivity index is 5.26. The van der Waals surface area contributed by atoms with Crippen molar-refractivity contribution in [2.45, 2.75) is 407 Å². The number of rotatable bonds is 74. The highest BCUT2D eigenvalue weighted by atomic mass is 31.2. The third-order valence-electron chi connectivity index (χ3n) is 18.4. The summed E-state index contributed by atoms with van der Waals surface area (Å²) in [5.41, 5.74) is 0. The van der Waals surface area contributed by atoms with Crippen LogP contribution in [0.15, 0.2) is 0 Å². The number of aliphatic hydroxyl groups is 1. The fraction of sp³-hybridized carbons (Fsp3) is 0.947. The first-order valence-corrected chi connectivity index (χ1v) is 42.4. The number of carbonyl (C=O) groups excluding carboxylic acids is 4. The second-order valence-corrected chi connectivity index (χ2v) is 31.3. The van der Waals surface area contributed by atoms with E-state index in [-0.39, 0.29) is 25.7 Å². The second kappa shape index (κ2) is 66.6. The van der Waals surface area contributed by atoms with Gasteiger partial charge in [-0.25, -0.2) is 9.13 Å². The standard InChI is InChI=1S/C76H148O17P2/c1-8-11-12-13-14-15-16-17-18-19-20-21-24-31-36-45-52-59-75(80)92-71(63-86-73(78)57-50-43-35-30-25-22-23-28-33-40-47-54-67(4)5)65-90-94(82,83)88-61-70(77)62-89-95(84,85)91-66-72(64-87-74(79)58-51-44-39-38-42-49-56-69(7)10-3)93-76(81)60-53-46-37-32-27-26-29-34-41-48-55-68(6)9-2/h67-72,77H,8-66H2,1-7H3,(H,82,83)(H,84,85)/t68?,69?,70-,71-,72-/m1/s1. The minimum absolute atomic E-state index is 0.105. The zero-order chi connectivity index (χ0) is 70.1. The number of phosphoric ester groups is 2. The number of hydrogen-bond acceptors (Lipinski definition) is 15. The largest absolute Gasteiger partial charge is 0.472 e. The molecule has 95 heavy (non-hydrogen) atoms. The zero-order valence-electron chi connectivity index (χ0n) is 62.1. The first-order valence-electron chi connectivity index (χ1n) is 39.4. The lowest BCUT2D eigenvalue weighted by Gasteiger charge is -2.21. The topological polar surface area (TPSA) is 237 Å². The van der Waals surface area contributed by atoms with E-state index in [1.807, 2.05) is 0 Å². The quantitative estimate of drug-likeness (QED) is 0.0222. The monoisotopic (exact) mass is 1400 g/mol. The molecule has 17 nitrogen and oxygen atoms in total. The molecule has 4 unspecified atom stereocenters. The molecule has 564 valence electrons. The molecule has 0 amide bonds. The summed E-state index contributed by atoms with van der Waals surface area (Å²) in [6.45, 7) is 11.9. The van der Waals surface area contributed by atoms with E-state index in [0.29, 0.717) is 25.7 Å². The fourth-order valence-corrected chi connectivity index (χ4v) is 13.1. The zero-order valence-corrected chi connectivity index (χ0v) is 63.9. The number of phosphoric acid groups is 2. The van der Waals surface area contributed by atoms with Crippen LogP contribution in [0.2, 0.25) is 0 Å². The summed E-state index contributed by atoms with van der Waals surface area (Å²) >= 11 is 0. The van der Waals surface area contributed by atoms with E-state index in [0.717, 1.165) is 114 Å². The van der Waals surface area contributed by atoms with Crippen molar-refractivity contribution in [1.29, 1.82) is 0 Å². The lowest BCUT2D eigenvalue weighted by Crippen LogP contribution is -2.30. The summed E-state index contributed by atoms with van der Waals surface area (Å²) in [7, 11) is -9.91. The van der Waals surface area contributed by atoms with Crippen LogP contribution in [0.1, 0.15) is 389 Å². The van der Waals surface area contributed by atoms with Crippen LogP contribution in [0.25, 0.3) is 0 Å². The lowest BCUT2D eigenvalue weighted by atomic mass is 9.99. The molecule has 0 heterocycles. The molecule has 7 atom stereocenters. The average molecular weight is 1400 g/mol. The van der Waals surface area contributed by atoms with Gasteiger partial charge in [-0.3, -0.25) is 37.3 Å². The predicted octanol–water partition coefficient (Wildman–Crippen LogP) is 22.2. The van der Waals surface area contributed by atoms with Crippen LogP contribution in [-0.2, 0) is 65.4 Å². The summed E-state index contributed by atoms with van der Waals surface area (Å²) in [6, 6.07) is 0. The number of carbonyl (C=O) groups is 4. The molecule has 0 aromatic heterocycles. The molecule has 0 aliphatic heterocycles. The SMILES string of the molecule is CCCCCCCCCCCCCCCCCCCC(=O)O[C@H](COC(=O)CCCCCCCCCCCCCC(C)C)COP(=O)(O)OC[C@@H](O)COP(=O)(O)OC[C@@H](COC(=O)CCCCCCCCC(C)CC)OC(=O)CCCCCCCCCCCCC(C)CC. The van der Waals surface area contributed by atoms with E-state index >= 15 is 0 Å². The van der Waals surface area contributed by atoms with Crippen molar-refractivity contribution < 1.29 is 80.2 Å². The highest BCUT2D eigenvalue weighted by molar-refractivity contribution is 7.47. The molecule has 0 aromatic rings. The third kappa shape index (κ3) is 67.6. The van der Waals surface area contributed by atoms with Crippen molar-refractivity contribution in [3.8, 4) is 0 Å². The number of unbranched alkanes of at least 4 members (excludes halogenated alkanes) is 40. The van der Waals surface area contributed by atoms with Crippen molar-refractivity contribution in [2.24, 2.45) is 17.8 Å². The van der Waals surface area contributed by atoms with Gasteiger partial charge in [-0.05, 0) is 43.4 Å². The minimum Gasteiger partial charge on any atom is -0.462 e. The highest BCUT2D eigenvalue weighted by Crippen LogP contribution is 2.45. The Labute approximate surface area is 581 Å². The number of aliphatic hydroxyl groups excluding tert-OH is 1. The van der Waals surface area contributed by atoms with Gasteiger partial charge in [0.05, 0.1) is 26.4 Å². The molecule has 0 aliphatic rings. The smallest absolute Gasteiger partial charge is 0.462 e. The summed E-state index contributed by atoms with van der Waals surface area (Å²) in [6.07, 6.45) is 52.6. The molecule has 0 saturated carbocycles. The summed E-state index contributed by atoms with van der Waals surface area (Å²) in [4.78, 5) is 72.8. The lowest BCUT2D eigenvalue weighted by molar-refractivity contribution is -0.161. The van der Waals surface area contributed by atoms with Crippen LogP contribution < -0.4 is 0 Å². The Morgan fingerprint density at radius 3 is 0.800 bits per heavy atom. The maximum absolute atomic E-state index is 13.1. The van der Waals surface area contributed by atoms with Crippen LogP contribution >= 0.6 is 15.6 Å². The molecule has 0 saturated heterocycles. The van der Waals surface area contributed by atoms with Crippen LogP contribution in [0.4, 0.5) is 0 Å². The Hall–Kier alpha value is -1.94. The summed E-state index contributed by atoms with van der Waals surface area (Å²) in [5, 5.41) is 10.6. The molecule has 0 bridgehead atoms. The van der Waals surface area contributed by atoms with Gasteiger partial charge in [0, 0.05) is 25.7 Å². The van der Waals surface area contributed by atoms with Crippen LogP contribution in [0, 0.1) is 17.8 Å². The molecular formula is C76H148O17P2. The van der Waals surface area contributed by atoms with Crippen molar-refractivity contribution in [3.05, 3.63) is 0 Å². The van der Waals surface area contributed by atoms with Gasteiger partial charge in [0.25, 0.3) is 0 Å². The van der Waals surface area contributed by atoms with Gasteiger partial charge in [0.15, 0.2) is 12.2 Å². The van der Waals surface area contributed by atoms with Gasteiger partial charge in [0.1, 0.15) is 19.3 Å². The molecule has 19 heteroatoms. The fourth-order valence-electron chi connectivity index (χ4n) is 11.5. The number of ether oxygens (including phenoxy) is 4. The minimum atomic E-state index is -4.96. The van der Waals surface area contributed by atoms with E-state index in [2.05, 4.69) is 48.5 Å². The van der Waals surface area contributed by atoms with Crippen molar-refractivity contribution in [1.82, 2.24) is 0 Å². The normalized spacial score (nSPS) is 14.6. The van der Waals surface area contributed by atoms with E-state index in [1.54, 1.807) is 0 Å². The summed E-state index contributed by atoms with van der Waals surface area (Å²) in [5.74, 6) is 0.187. The molecule has 0 fully saturated rings. The van der Waals surface area contributed by atoms with Crippen LogP contribution in [-0.4, -0.2) is 96.7 Å². The molecule has 3 N–H and O–H groups in total. The molecule has 0 rings (SSSR count). The van der Waals surface area contributed by atoms with Crippen molar-refractivity contribution in [2.75, 3.05) is 39.6 Å². The Morgan fingerprint density at radius 1 is 0.305 bits per heavy atom. The van der Waals surface area contributed by atoms with Crippen LogP contribution in [0.5, 0.6) is 0 Å². The number of esters is 4. The van der Waals surface area contributed by atoms with Crippen molar-refractivity contribution in [3.63, 3.8) is 0 Å². The second-order valence-electron chi connectivity index (χ2n) is 28.4. The molecule has 0 radical (unpaired) electrons. The van der Waals surface area contributed by atoms with Crippen molar-refractivity contribution >= 4 is 39.5 Å². The Morgan fingerprint density at radius 2 is 0.537 bits per heavy atom. The Kier molecular flexibility index (Phi) is 65.2. The van der Waals surface area contributed by atoms with E-state index in [1.165, 1.54) is 193 Å². The maximum Gasteiger partial charge on any atom is 0.472 e. The van der Waals surface area contributed by atoms with E-state index in [4.69, 9.17) is 37.0 Å². The summed E-state index contributed by atoms with van der Waals surface area (Å²) < 4.78 is 68.5. The van der Waals surface area contributed by atoms with Gasteiger partial charge in [-0.1, -0.05) is 337 Å². The van der Waals surface area contributed by atoms with E-state index < -0.39 is 97.5 Å². The first kappa shape index (κ1) is 93.1. The molecule has 0 aliphatic carbocycles. The maximum atomic E-state index is 13.1. The number of hydrogen-bond donors (Lipinski definition) is 3. The van der Waals surface area contributed by atoms with E-state index in [9.17, 15) is 43.2 Å². The van der Waals surface area contributed by atoms with Gasteiger partial charge < -0.3 is 33.8 Å². The predicted molar refractivity (Wildman–Crippen MR) is 386 cm³/mol. The third-order valence-corrected chi connectivity index (χ3v) is 20.3. The molecule has 0 spiro atoms. The van der Waals surface area contributed by atoms with Gasteiger partial charge >= 0.3 is 39.5 Å². The van der Waals surface area contributed by atoms with Crippen LogP contribution in [0.3, 0.4) is 0 Å².